The first-order chi connectivity index (χ1) is 7.75. The van der Waals surface area contributed by atoms with Crippen LogP contribution >= 0.6 is 11.8 Å². The molecule has 16 heavy (non-hydrogen) atoms. The van der Waals surface area contributed by atoms with Crippen molar-refractivity contribution in [2.45, 2.75) is 43.9 Å². The summed E-state index contributed by atoms with van der Waals surface area (Å²) in [7, 11) is 2.25. The molecule has 0 radical (unpaired) electrons. The van der Waals surface area contributed by atoms with E-state index in [9.17, 15) is 0 Å². The molecule has 1 N–H and O–H groups in total. The van der Waals surface area contributed by atoms with Crippen molar-refractivity contribution in [3.05, 3.63) is 0 Å². The average molecular weight is 241 g/mol. The lowest BCUT2D eigenvalue weighted by atomic mass is 10.2. The highest BCUT2D eigenvalue weighted by Crippen LogP contribution is 2.22. The largest absolute Gasteiger partial charge is 0.364 e. The van der Waals surface area contributed by atoms with Crippen molar-refractivity contribution in [1.29, 1.82) is 0 Å². The number of hydrogen-bond acceptors (Lipinski definition) is 4. The molecule has 92 valence electrons. The second kappa shape index (κ2) is 5.92. The molecule has 2 rings (SSSR count). The topological polar surface area (TPSA) is 27.6 Å². The minimum Gasteiger partial charge on any atom is -0.364 e. The predicted molar refractivity (Wildman–Crippen MR) is 72.2 cm³/mol. The van der Waals surface area contributed by atoms with Crippen LogP contribution in [0.3, 0.4) is 0 Å². The summed E-state index contributed by atoms with van der Waals surface area (Å²) >= 11 is 1.87. The van der Waals surface area contributed by atoms with Crippen molar-refractivity contribution in [2.24, 2.45) is 4.99 Å². The SMILES string of the molecule is CC1CN=C(NCCN(C)C2CCCC2)S1. The first-order valence-corrected chi connectivity index (χ1v) is 7.29. The van der Waals surface area contributed by atoms with Crippen molar-refractivity contribution in [3.8, 4) is 0 Å². The first kappa shape index (κ1) is 12.2. The Kier molecular flexibility index (Phi) is 4.53. The Labute approximate surface area is 103 Å². The number of thioether (sulfide) groups is 1. The van der Waals surface area contributed by atoms with Gasteiger partial charge in [0.15, 0.2) is 5.17 Å². The van der Waals surface area contributed by atoms with Gasteiger partial charge in [-0.2, -0.15) is 0 Å². The Morgan fingerprint density at radius 2 is 2.19 bits per heavy atom. The molecule has 3 nitrogen and oxygen atoms in total. The quantitative estimate of drug-likeness (QED) is 0.815. The number of nitrogens with one attached hydrogen (secondary N) is 1. The zero-order chi connectivity index (χ0) is 11.4. The van der Waals surface area contributed by atoms with Crippen LogP contribution in [0.25, 0.3) is 0 Å². The van der Waals surface area contributed by atoms with Gasteiger partial charge in [0.1, 0.15) is 0 Å². The van der Waals surface area contributed by atoms with Crippen LogP contribution in [0.15, 0.2) is 4.99 Å². The van der Waals surface area contributed by atoms with E-state index in [1.165, 1.54) is 25.7 Å². The van der Waals surface area contributed by atoms with Gasteiger partial charge in [-0.05, 0) is 19.9 Å². The van der Waals surface area contributed by atoms with Crippen molar-refractivity contribution in [1.82, 2.24) is 10.2 Å². The van der Waals surface area contributed by atoms with Gasteiger partial charge in [0, 0.05) is 24.4 Å². The van der Waals surface area contributed by atoms with Gasteiger partial charge < -0.3 is 10.2 Å². The smallest absolute Gasteiger partial charge is 0.156 e. The van der Waals surface area contributed by atoms with Gasteiger partial charge in [-0.15, -0.1) is 0 Å². The monoisotopic (exact) mass is 241 g/mol. The molecule has 0 bridgehead atoms. The average Bonchev–Trinajstić information content (AvgIpc) is 2.89. The van der Waals surface area contributed by atoms with Gasteiger partial charge in [-0.3, -0.25) is 4.99 Å². The maximum atomic E-state index is 4.46. The molecule has 2 aliphatic rings. The lowest BCUT2D eigenvalue weighted by Crippen LogP contribution is -2.36. The highest BCUT2D eigenvalue weighted by molar-refractivity contribution is 8.14. The highest BCUT2D eigenvalue weighted by Gasteiger charge is 2.19. The lowest BCUT2D eigenvalue weighted by molar-refractivity contribution is 0.249. The molecule has 1 fully saturated rings. The molecule has 1 atom stereocenters. The Morgan fingerprint density at radius 3 is 2.81 bits per heavy atom. The molecule has 1 unspecified atom stereocenters. The van der Waals surface area contributed by atoms with Crippen LogP contribution in [0.4, 0.5) is 0 Å². The Balaban J connectivity index is 1.60. The number of rotatable bonds is 4. The van der Waals surface area contributed by atoms with E-state index >= 15 is 0 Å². The summed E-state index contributed by atoms with van der Waals surface area (Å²) < 4.78 is 0. The molecule has 0 aromatic rings. The molecule has 0 spiro atoms. The molecule has 1 saturated carbocycles. The van der Waals surface area contributed by atoms with E-state index < -0.39 is 0 Å². The third kappa shape index (κ3) is 3.39. The van der Waals surface area contributed by atoms with E-state index in [1.807, 2.05) is 11.8 Å². The Hall–Kier alpha value is -0.220. The second-order valence-electron chi connectivity index (χ2n) is 4.92. The summed E-state index contributed by atoms with van der Waals surface area (Å²) in [6.45, 7) is 5.38. The molecule has 4 heteroatoms. The molecule has 1 aliphatic carbocycles. The van der Waals surface area contributed by atoms with Crippen molar-refractivity contribution < 1.29 is 0 Å². The van der Waals surface area contributed by atoms with Gasteiger partial charge in [-0.25, -0.2) is 0 Å². The molecule has 0 aromatic heterocycles. The number of amidine groups is 1. The molecule has 1 heterocycles. The van der Waals surface area contributed by atoms with Crippen LogP contribution in [-0.4, -0.2) is 48.0 Å². The molecular weight excluding hydrogens is 218 g/mol. The van der Waals surface area contributed by atoms with Crippen LogP contribution in [0.2, 0.25) is 0 Å². The number of nitrogens with zero attached hydrogens (tertiary/aromatic N) is 2. The van der Waals surface area contributed by atoms with E-state index in [-0.39, 0.29) is 0 Å². The summed E-state index contributed by atoms with van der Waals surface area (Å²) in [5.74, 6) is 0. The fourth-order valence-electron chi connectivity index (χ4n) is 2.44. The van der Waals surface area contributed by atoms with Crippen LogP contribution in [0.1, 0.15) is 32.6 Å². The van der Waals surface area contributed by atoms with E-state index in [4.69, 9.17) is 0 Å². The molecule has 0 saturated heterocycles. The fraction of sp³-hybridized carbons (Fsp3) is 0.917. The van der Waals surface area contributed by atoms with Gasteiger partial charge in [0.2, 0.25) is 0 Å². The lowest BCUT2D eigenvalue weighted by Gasteiger charge is -2.24. The first-order valence-electron chi connectivity index (χ1n) is 6.41. The van der Waals surface area contributed by atoms with E-state index in [0.717, 1.165) is 30.8 Å². The van der Waals surface area contributed by atoms with Crippen molar-refractivity contribution in [2.75, 3.05) is 26.7 Å². The minimum absolute atomic E-state index is 0.662. The summed E-state index contributed by atoms with van der Waals surface area (Å²) in [5, 5.41) is 5.25. The molecular formula is C12H23N3S. The fourth-order valence-corrected chi connectivity index (χ4v) is 3.31. The van der Waals surface area contributed by atoms with Gasteiger partial charge in [-0.1, -0.05) is 31.5 Å². The van der Waals surface area contributed by atoms with Crippen LogP contribution in [0.5, 0.6) is 0 Å². The minimum atomic E-state index is 0.662. The third-order valence-corrected chi connectivity index (χ3v) is 4.54. The van der Waals surface area contributed by atoms with E-state index in [0.29, 0.717) is 5.25 Å². The van der Waals surface area contributed by atoms with Crippen molar-refractivity contribution in [3.63, 3.8) is 0 Å². The van der Waals surface area contributed by atoms with E-state index in [2.05, 4.69) is 29.2 Å². The highest BCUT2D eigenvalue weighted by atomic mass is 32.2. The van der Waals surface area contributed by atoms with Crippen molar-refractivity contribution >= 4 is 16.9 Å². The zero-order valence-corrected chi connectivity index (χ0v) is 11.2. The van der Waals surface area contributed by atoms with Gasteiger partial charge >= 0.3 is 0 Å². The van der Waals surface area contributed by atoms with Gasteiger partial charge in [0.25, 0.3) is 0 Å². The van der Waals surface area contributed by atoms with E-state index in [1.54, 1.807) is 0 Å². The summed E-state index contributed by atoms with van der Waals surface area (Å²) in [6, 6.07) is 0.832. The maximum absolute atomic E-state index is 4.46. The molecule has 1 aliphatic heterocycles. The number of aliphatic imine (C=N–C) groups is 1. The Morgan fingerprint density at radius 1 is 1.44 bits per heavy atom. The normalized spacial score (nSPS) is 26.4. The number of hydrogen-bond donors (Lipinski definition) is 1. The van der Waals surface area contributed by atoms with Crippen LogP contribution in [0, 0.1) is 0 Å². The summed E-state index contributed by atoms with van der Waals surface area (Å²) in [6.07, 6.45) is 5.62. The van der Waals surface area contributed by atoms with Crippen LogP contribution < -0.4 is 5.32 Å². The zero-order valence-electron chi connectivity index (χ0n) is 10.4. The second-order valence-corrected chi connectivity index (χ2v) is 6.35. The standard InChI is InChI=1S/C12H23N3S/c1-10-9-14-12(16-10)13-7-8-15(2)11-5-3-4-6-11/h10-11H,3-9H2,1-2H3,(H,13,14). The summed E-state index contributed by atoms with van der Waals surface area (Å²) in [4.78, 5) is 6.96. The Bertz CT molecular complexity index is 249. The molecule has 0 amide bonds. The maximum Gasteiger partial charge on any atom is 0.156 e. The molecule has 0 aromatic carbocycles. The third-order valence-electron chi connectivity index (χ3n) is 3.49. The summed E-state index contributed by atoms with van der Waals surface area (Å²) in [5.41, 5.74) is 0. The van der Waals surface area contributed by atoms with Gasteiger partial charge in [0.05, 0.1) is 6.54 Å². The number of likely N-dealkylation sites (N-methyl/N-ethyl adjacent to an activating group) is 1. The van der Waals surface area contributed by atoms with Crippen LogP contribution in [-0.2, 0) is 0 Å². The predicted octanol–water partition coefficient (Wildman–Crippen LogP) is 1.94.